The van der Waals surface area contributed by atoms with Crippen LogP contribution in [0.5, 0.6) is 5.75 Å². The smallest absolute Gasteiger partial charge is 0.201 e. The van der Waals surface area contributed by atoms with Crippen LogP contribution in [0.3, 0.4) is 0 Å². The highest BCUT2D eigenvalue weighted by molar-refractivity contribution is 5.85. The molecule has 0 heterocycles. The van der Waals surface area contributed by atoms with Crippen molar-refractivity contribution in [2.45, 2.75) is 70.1 Å². The normalized spacial score (nSPS) is 26.1. The number of allylic oxidation sites excluding steroid dienone is 1. The van der Waals surface area contributed by atoms with E-state index in [4.69, 9.17) is 4.74 Å². The number of ether oxygens (including phenoxy) is 1. The van der Waals surface area contributed by atoms with E-state index in [1.54, 1.807) is 6.07 Å². The van der Waals surface area contributed by atoms with Crippen molar-refractivity contribution in [2.24, 2.45) is 17.8 Å². The van der Waals surface area contributed by atoms with Crippen molar-refractivity contribution >= 4 is 10.8 Å². The highest BCUT2D eigenvalue weighted by Crippen LogP contribution is 2.41. The molecule has 0 aliphatic heterocycles. The van der Waals surface area contributed by atoms with Gasteiger partial charge in [-0.1, -0.05) is 43.7 Å². The molecule has 0 unspecified atom stereocenters. The summed E-state index contributed by atoms with van der Waals surface area (Å²) < 4.78 is 34.4. The summed E-state index contributed by atoms with van der Waals surface area (Å²) in [5.74, 6) is 1.13. The van der Waals surface area contributed by atoms with Gasteiger partial charge in [0.15, 0.2) is 11.6 Å². The quantitative estimate of drug-likeness (QED) is 0.374. The zero-order valence-corrected chi connectivity index (χ0v) is 19.1. The van der Waals surface area contributed by atoms with Crippen LogP contribution in [-0.2, 0) is 0 Å². The number of fused-ring (bicyclic) bond motifs is 1. The second kappa shape index (κ2) is 10.6. The maximum atomic E-state index is 14.7. The second-order valence-corrected chi connectivity index (χ2v) is 9.89. The first-order valence-electron chi connectivity index (χ1n) is 12.4. The first-order chi connectivity index (χ1) is 15.6. The average Bonchev–Trinajstić information content (AvgIpc) is 2.84. The van der Waals surface area contributed by atoms with Crippen LogP contribution in [0.1, 0.15) is 75.7 Å². The molecule has 1 nitrogen and oxygen atoms in total. The standard InChI is InChI=1S/C29H36F2O/c1-3-17-32-27-19-25-16-15-24(18-26(25)28(30)29(27)31)23-13-11-22(12-14-23)10-9-21-7-5-20(4-2)6-8-21/h3-4,15-16,18-23H,1-2,5-14,17H2. The Bertz CT molecular complexity index is 934. The lowest BCUT2D eigenvalue weighted by atomic mass is 9.74. The van der Waals surface area contributed by atoms with Gasteiger partial charge in [-0.15, -0.1) is 6.58 Å². The molecule has 2 aromatic carbocycles. The molecule has 0 aromatic heterocycles. The third kappa shape index (κ3) is 5.24. The Morgan fingerprint density at radius 2 is 1.50 bits per heavy atom. The Kier molecular flexibility index (Phi) is 7.65. The van der Waals surface area contributed by atoms with Crippen molar-refractivity contribution in [3.63, 3.8) is 0 Å². The van der Waals surface area contributed by atoms with Gasteiger partial charge in [0.25, 0.3) is 0 Å². The van der Waals surface area contributed by atoms with E-state index in [0.717, 1.165) is 36.2 Å². The Balaban J connectivity index is 1.34. The zero-order valence-electron chi connectivity index (χ0n) is 19.1. The average molecular weight is 439 g/mol. The van der Waals surface area contributed by atoms with Crippen LogP contribution in [0.25, 0.3) is 10.8 Å². The lowest BCUT2D eigenvalue weighted by Gasteiger charge is -2.31. The van der Waals surface area contributed by atoms with Gasteiger partial charge in [0.1, 0.15) is 6.61 Å². The summed E-state index contributed by atoms with van der Waals surface area (Å²) in [5, 5.41) is 1.02. The Morgan fingerprint density at radius 3 is 2.12 bits per heavy atom. The van der Waals surface area contributed by atoms with Crippen molar-refractivity contribution in [3.8, 4) is 5.75 Å². The van der Waals surface area contributed by atoms with Crippen molar-refractivity contribution in [1.82, 2.24) is 0 Å². The Hall–Kier alpha value is -2.16. The molecule has 172 valence electrons. The van der Waals surface area contributed by atoms with Gasteiger partial charge < -0.3 is 4.74 Å². The lowest BCUT2D eigenvalue weighted by Crippen LogP contribution is -2.17. The molecule has 2 aromatic rings. The minimum Gasteiger partial charge on any atom is -0.486 e. The van der Waals surface area contributed by atoms with Crippen molar-refractivity contribution in [3.05, 3.63) is 66.8 Å². The maximum Gasteiger partial charge on any atom is 0.201 e. The van der Waals surface area contributed by atoms with Gasteiger partial charge in [-0.05, 0) is 98.1 Å². The monoisotopic (exact) mass is 438 g/mol. The lowest BCUT2D eigenvalue weighted by molar-refractivity contribution is 0.246. The summed E-state index contributed by atoms with van der Waals surface area (Å²) in [6.07, 6.45) is 16.5. The van der Waals surface area contributed by atoms with Crippen LogP contribution in [0.4, 0.5) is 8.78 Å². The van der Waals surface area contributed by atoms with Crippen LogP contribution in [0.2, 0.25) is 0 Å². The fourth-order valence-electron chi connectivity index (χ4n) is 5.80. The fraction of sp³-hybridized carbons (Fsp3) is 0.517. The molecule has 2 aliphatic carbocycles. The van der Waals surface area contributed by atoms with Crippen LogP contribution < -0.4 is 4.74 Å². The first-order valence-corrected chi connectivity index (χ1v) is 12.4. The zero-order chi connectivity index (χ0) is 22.5. The molecule has 0 bridgehead atoms. The molecule has 0 spiro atoms. The third-order valence-electron chi connectivity index (χ3n) is 7.89. The van der Waals surface area contributed by atoms with E-state index in [0.29, 0.717) is 16.7 Å². The summed E-state index contributed by atoms with van der Waals surface area (Å²) in [7, 11) is 0. The predicted octanol–water partition coefficient (Wildman–Crippen LogP) is 8.73. The number of hydrogen-bond acceptors (Lipinski definition) is 1. The molecular formula is C29H36F2O. The molecule has 2 fully saturated rings. The van der Waals surface area contributed by atoms with Crippen LogP contribution in [0, 0.1) is 29.4 Å². The minimum atomic E-state index is -0.915. The van der Waals surface area contributed by atoms with Crippen LogP contribution in [-0.4, -0.2) is 6.61 Å². The molecule has 3 heteroatoms. The fourth-order valence-corrected chi connectivity index (χ4v) is 5.80. The highest BCUT2D eigenvalue weighted by atomic mass is 19.2. The summed E-state index contributed by atoms with van der Waals surface area (Å²) >= 11 is 0. The molecule has 0 amide bonds. The molecule has 4 rings (SSSR count). The van der Waals surface area contributed by atoms with Crippen molar-refractivity contribution < 1.29 is 13.5 Å². The predicted molar refractivity (Wildman–Crippen MR) is 129 cm³/mol. The van der Waals surface area contributed by atoms with Crippen molar-refractivity contribution in [1.29, 1.82) is 0 Å². The molecular weight excluding hydrogens is 402 g/mol. The van der Waals surface area contributed by atoms with Crippen LogP contribution >= 0.6 is 0 Å². The van der Waals surface area contributed by atoms with Gasteiger partial charge in [0.2, 0.25) is 5.82 Å². The van der Waals surface area contributed by atoms with Gasteiger partial charge in [-0.25, -0.2) is 4.39 Å². The number of halogens is 2. The molecule has 2 saturated carbocycles. The van der Waals surface area contributed by atoms with E-state index in [1.165, 1.54) is 57.4 Å². The summed E-state index contributed by atoms with van der Waals surface area (Å²) in [6, 6.07) is 7.42. The van der Waals surface area contributed by atoms with Gasteiger partial charge >= 0.3 is 0 Å². The summed E-state index contributed by atoms with van der Waals surface area (Å²) in [4.78, 5) is 0. The molecule has 0 saturated heterocycles. The first kappa shape index (κ1) is 23.0. The van der Waals surface area contributed by atoms with E-state index in [1.807, 2.05) is 12.1 Å². The summed E-state index contributed by atoms with van der Waals surface area (Å²) in [5.41, 5.74) is 1.14. The van der Waals surface area contributed by atoms with Gasteiger partial charge in [0.05, 0.1) is 0 Å². The maximum absolute atomic E-state index is 14.7. The molecule has 2 aliphatic rings. The number of hydrogen-bond donors (Lipinski definition) is 0. The van der Waals surface area contributed by atoms with Crippen LogP contribution in [0.15, 0.2) is 49.6 Å². The van der Waals surface area contributed by atoms with Crippen molar-refractivity contribution in [2.75, 3.05) is 6.61 Å². The van der Waals surface area contributed by atoms with E-state index >= 15 is 0 Å². The molecule has 0 radical (unpaired) electrons. The third-order valence-corrected chi connectivity index (χ3v) is 7.89. The van der Waals surface area contributed by atoms with E-state index < -0.39 is 11.6 Å². The molecule has 0 atom stereocenters. The molecule has 0 N–H and O–H groups in total. The number of benzene rings is 2. The SMILES string of the molecule is C=CCOc1cc2ccc(C3CCC(CCC4CCC(C=C)CC4)CC3)cc2c(F)c1F. The molecule has 32 heavy (non-hydrogen) atoms. The number of rotatable bonds is 8. The minimum absolute atomic E-state index is 0.0545. The van der Waals surface area contributed by atoms with E-state index in [-0.39, 0.29) is 12.4 Å². The highest BCUT2D eigenvalue weighted by Gasteiger charge is 2.25. The van der Waals surface area contributed by atoms with E-state index in [9.17, 15) is 8.78 Å². The largest absolute Gasteiger partial charge is 0.486 e. The second-order valence-electron chi connectivity index (χ2n) is 9.89. The van der Waals surface area contributed by atoms with Gasteiger partial charge in [-0.3, -0.25) is 0 Å². The summed E-state index contributed by atoms with van der Waals surface area (Å²) in [6.45, 7) is 7.66. The topological polar surface area (TPSA) is 9.23 Å². The van der Waals surface area contributed by atoms with E-state index in [2.05, 4.69) is 25.3 Å². The van der Waals surface area contributed by atoms with Gasteiger partial charge in [-0.2, -0.15) is 4.39 Å². The Morgan fingerprint density at radius 1 is 0.844 bits per heavy atom. The van der Waals surface area contributed by atoms with Gasteiger partial charge in [0, 0.05) is 5.39 Å². The Labute approximate surface area is 191 Å².